The lowest BCUT2D eigenvalue weighted by Gasteiger charge is -2.26. The number of aromatic nitrogens is 1. The standard InChI is InChI=1S/C16H19ClN2O/c1-11(12-6-8-19-9-7-12)16(18-2)14-10-13(17)4-5-15(14)20-3/h4-11,16,18H,1-3H3. The molecule has 4 heteroatoms. The summed E-state index contributed by atoms with van der Waals surface area (Å²) in [5.74, 6) is 1.12. The van der Waals surface area contributed by atoms with Crippen LogP contribution in [0.15, 0.2) is 42.7 Å². The van der Waals surface area contributed by atoms with Gasteiger partial charge in [0.25, 0.3) is 0 Å². The van der Waals surface area contributed by atoms with E-state index in [-0.39, 0.29) is 12.0 Å². The molecule has 0 saturated carbocycles. The summed E-state index contributed by atoms with van der Waals surface area (Å²) < 4.78 is 5.46. The number of pyridine rings is 1. The molecule has 2 unspecified atom stereocenters. The van der Waals surface area contributed by atoms with Gasteiger partial charge in [0, 0.05) is 34.9 Å². The number of rotatable bonds is 5. The van der Waals surface area contributed by atoms with E-state index in [0.29, 0.717) is 5.02 Å². The number of hydrogen-bond acceptors (Lipinski definition) is 3. The molecule has 0 amide bonds. The van der Waals surface area contributed by atoms with Gasteiger partial charge in [-0.05, 0) is 42.9 Å². The van der Waals surface area contributed by atoms with Gasteiger partial charge in [0.15, 0.2) is 0 Å². The molecule has 0 radical (unpaired) electrons. The molecular formula is C16H19ClN2O. The molecular weight excluding hydrogens is 272 g/mol. The lowest BCUT2D eigenvalue weighted by atomic mass is 9.88. The van der Waals surface area contributed by atoms with Crippen LogP contribution >= 0.6 is 11.6 Å². The highest BCUT2D eigenvalue weighted by molar-refractivity contribution is 6.30. The summed E-state index contributed by atoms with van der Waals surface area (Å²) >= 11 is 6.13. The molecule has 1 aromatic carbocycles. The van der Waals surface area contributed by atoms with Crippen LogP contribution in [0, 0.1) is 0 Å². The number of nitrogens with zero attached hydrogens (tertiary/aromatic N) is 1. The topological polar surface area (TPSA) is 34.1 Å². The van der Waals surface area contributed by atoms with Gasteiger partial charge in [-0.1, -0.05) is 18.5 Å². The average molecular weight is 291 g/mol. The number of benzene rings is 1. The number of nitrogens with one attached hydrogen (secondary N) is 1. The first-order chi connectivity index (χ1) is 9.67. The van der Waals surface area contributed by atoms with Crippen LogP contribution in [0.4, 0.5) is 0 Å². The fourth-order valence-corrected chi connectivity index (χ4v) is 2.66. The van der Waals surface area contributed by atoms with Gasteiger partial charge in [-0.15, -0.1) is 0 Å². The second-order valence-corrected chi connectivity index (χ2v) is 5.16. The zero-order valence-electron chi connectivity index (χ0n) is 11.9. The fraction of sp³-hybridized carbons (Fsp3) is 0.312. The van der Waals surface area contributed by atoms with E-state index in [1.807, 2.05) is 49.8 Å². The smallest absolute Gasteiger partial charge is 0.123 e. The van der Waals surface area contributed by atoms with Crippen molar-refractivity contribution in [1.29, 1.82) is 0 Å². The summed E-state index contributed by atoms with van der Waals surface area (Å²) in [7, 11) is 3.62. The Kier molecular flexibility index (Phi) is 4.99. The van der Waals surface area contributed by atoms with Crippen LogP contribution in [-0.4, -0.2) is 19.1 Å². The zero-order chi connectivity index (χ0) is 14.5. The Morgan fingerprint density at radius 2 is 1.90 bits per heavy atom. The van der Waals surface area contributed by atoms with E-state index < -0.39 is 0 Å². The molecule has 0 saturated heterocycles. The van der Waals surface area contributed by atoms with E-state index in [0.717, 1.165) is 11.3 Å². The van der Waals surface area contributed by atoms with Crippen molar-refractivity contribution in [3.05, 3.63) is 58.9 Å². The summed E-state index contributed by atoms with van der Waals surface area (Å²) in [5, 5.41) is 4.07. The molecule has 0 spiro atoms. The van der Waals surface area contributed by atoms with Crippen LogP contribution in [0.2, 0.25) is 5.02 Å². The molecule has 1 heterocycles. The summed E-state index contributed by atoms with van der Waals surface area (Å²) in [6.07, 6.45) is 3.63. The normalized spacial score (nSPS) is 13.8. The van der Waals surface area contributed by atoms with Crippen LogP contribution in [0.3, 0.4) is 0 Å². The maximum Gasteiger partial charge on any atom is 0.123 e. The fourth-order valence-electron chi connectivity index (χ4n) is 2.48. The Bertz CT molecular complexity index is 560. The van der Waals surface area contributed by atoms with Crippen LogP contribution in [0.1, 0.15) is 30.0 Å². The highest BCUT2D eigenvalue weighted by Crippen LogP contribution is 2.36. The van der Waals surface area contributed by atoms with E-state index in [2.05, 4.69) is 17.2 Å². The number of methoxy groups -OCH3 is 1. The predicted octanol–water partition coefficient (Wildman–Crippen LogP) is 3.81. The molecule has 0 bridgehead atoms. The van der Waals surface area contributed by atoms with Gasteiger partial charge in [0.05, 0.1) is 7.11 Å². The van der Waals surface area contributed by atoms with Crippen molar-refractivity contribution >= 4 is 11.6 Å². The van der Waals surface area contributed by atoms with E-state index in [4.69, 9.17) is 16.3 Å². The molecule has 0 fully saturated rings. The first-order valence-electron chi connectivity index (χ1n) is 6.58. The van der Waals surface area contributed by atoms with Crippen LogP contribution in [0.5, 0.6) is 5.75 Å². The van der Waals surface area contributed by atoms with Crippen LogP contribution in [0.25, 0.3) is 0 Å². The first-order valence-corrected chi connectivity index (χ1v) is 6.95. The average Bonchev–Trinajstić information content (AvgIpc) is 2.49. The summed E-state index contributed by atoms with van der Waals surface area (Å²) in [4.78, 5) is 4.07. The Morgan fingerprint density at radius 3 is 2.50 bits per heavy atom. The third-order valence-electron chi connectivity index (χ3n) is 3.57. The van der Waals surface area contributed by atoms with Crippen molar-refractivity contribution in [2.45, 2.75) is 18.9 Å². The summed E-state index contributed by atoms with van der Waals surface area (Å²) in [5.41, 5.74) is 2.29. The van der Waals surface area contributed by atoms with Crippen molar-refractivity contribution in [3.8, 4) is 5.75 Å². The maximum absolute atomic E-state index is 6.13. The van der Waals surface area contributed by atoms with Crippen molar-refractivity contribution in [2.24, 2.45) is 0 Å². The third kappa shape index (κ3) is 3.11. The Hall–Kier alpha value is -1.58. The molecule has 0 aliphatic heterocycles. The van der Waals surface area contributed by atoms with Crippen molar-refractivity contribution in [2.75, 3.05) is 14.2 Å². The number of likely N-dealkylation sites (N-methyl/N-ethyl adjacent to an activating group) is 1. The van der Waals surface area contributed by atoms with E-state index in [9.17, 15) is 0 Å². The number of ether oxygens (including phenoxy) is 1. The van der Waals surface area contributed by atoms with E-state index >= 15 is 0 Å². The van der Waals surface area contributed by atoms with Crippen LogP contribution in [-0.2, 0) is 0 Å². The largest absolute Gasteiger partial charge is 0.496 e. The van der Waals surface area contributed by atoms with E-state index in [1.165, 1.54) is 5.56 Å². The van der Waals surface area contributed by atoms with E-state index in [1.54, 1.807) is 7.11 Å². The second-order valence-electron chi connectivity index (χ2n) is 4.72. The Balaban J connectivity index is 2.40. The van der Waals surface area contributed by atoms with Crippen molar-refractivity contribution < 1.29 is 4.74 Å². The Labute approximate surface area is 124 Å². The molecule has 1 aromatic heterocycles. The highest BCUT2D eigenvalue weighted by atomic mass is 35.5. The second kappa shape index (κ2) is 6.73. The third-order valence-corrected chi connectivity index (χ3v) is 3.80. The quantitative estimate of drug-likeness (QED) is 0.909. The molecule has 2 atom stereocenters. The molecule has 2 aromatic rings. The predicted molar refractivity (Wildman–Crippen MR) is 82.5 cm³/mol. The minimum Gasteiger partial charge on any atom is -0.496 e. The van der Waals surface area contributed by atoms with Gasteiger partial charge in [0.2, 0.25) is 0 Å². The van der Waals surface area contributed by atoms with Gasteiger partial charge in [-0.3, -0.25) is 4.98 Å². The number of hydrogen-bond donors (Lipinski definition) is 1. The lowest BCUT2D eigenvalue weighted by Crippen LogP contribution is -2.23. The van der Waals surface area contributed by atoms with Gasteiger partial charge < -0.3 is 10.1 Å². The monoisotopic (exact) mass is 290 g/mol. The van der Waals surface area contributed by atoms with Crippen molar-refractivity contribution in [3.63, 3.8) is 0 Å². The minimum absolute atomic E-state index is 0.117. The molecule has 1 N–H and O–H groups in total. The molecule has 2 rings (SSSR count). The number of halogens is 1. The molecule has 106 valence electrons. The lowest BCUT2D eigenvalue weighted by molar-refractivity contribution is 0.394. The first kappa shape index (κ1) is 14.8. The van der Waals surface area contributed by atoms with Gasteiger partial charge >= 0.3 is 0 Å². The zero-order valence-corrected chi connectivity index (χ0v) is 12.7. The summed E-state index contributed by atoms with van der Waals surface area (Å²) in [6.45, 7) is 2.18. The molecule has 0 aliphatic carbocycles. The van der Waals surface area contributed by atoms with Gasteiger partial charge in [0.1, 0.15) is 5.75 Å². The van der Waals surface area contributed by atoms with Gasteiger partial charge in [-0.25, -0.2) is 0 Å². The molecule has 20 heavy (non-hydrogen) atoms. The SMILES string of the molecule is CNC(c1cc(Cl)ccc1OC)C(C)c1ccncc1. The van der Waals surface area contributed by atoms with Gasteiger partial charge in [-0.2, -0.15) is 0 Å². The molecule has 0 aliphatic rings. The van der Waals surface area contributed by atoms with Crippen molar-refractivity contribution in [1.82, 2.24) is 10.3 Å². The minimum atomic E-state index is 0.117. The Morgan fingerprint density at radius 1 is 1.20 bits per heavy atom. The summed E-state index contributed by atoms with van der Waals surface area (Å²) in [6, 6.07) is 9.89. The molecule has 3 nitrogen and oxygen atoms in total. The van der Waals surface area contributed by atoms with Crippen LogP contribution < -0.4 is 10.1 Å². The highest BCUT2D eigenvalue weighted by Gasteiger charge is 2.22. The maximum atomic E-state index is 6.13.